The third-order valence-corrected chi connectivity index (χ3v) is 4.69. The van der Waals surface area contributed by atoms with Gasteiger partial charge in [0, 0.05) is 19.1 Å². The number of carbonyl (C=O) groups excluding carboxylic acids is 1. The second-order valence-corrected chi connectivity index (χ2v) is 6.67. The van der Waals surface area contributed by atoms with Crippen LogP contribution in [0.5, 0.6) is 0 Å². The van der Waals surface area contributed by atoms with Gasteiger partial charge in [0.1, 0.15) is 5.76 Å². The van der Waals surface area contributed by atoms with Crippen LogP contribution in [0.1, 0.15) is 50.0 Å². The number of furan rings is 1. The highest BCUT2D eigenvalue weighted by Gasteiger charge is 2.16. The lowest BCUT2D eigenvalue weighted by Gasteiger charge is -2.16. The third-order valence-electron chi connectivity index (χ3n) is 4.69. The summed E-state index contributed by atoms with van der Waals surface area (Å²) in [5, 5.41) is 6.50. The van der Waals surface area contributed by atoms with Gasteiger partial charge in [-0.3, -0.25) is 4.79 Å². The maximum absolute atomic E-state index is 12.1. The summed E-state index contributed by atoms with van der Waals surface area (Å²) in [4.78, 5) is 16.5. The smallest absolute Gasteiger partial charge is 0.263 e. The Kier molecular flexibility index (Phi) is 6.28. The number of rotatable bonds is 7. The SMILES string of the molecule is Cc1oc(-c2ccco2)nc1CC(=O)NCCNC1CCCCCC1. The van der Waals surface area contributed by atoms with Gasteiger partial charge < -0.3 is 19.5 Å². The molecule has 2 N–H and O–H groups in total. The topological polar surface area (TPSA) is 80.3 Å². The summed E-state index contributed by atoms with van der Waals surface area (Å²) in [7, 11) is 0. The molecule has 2 aromatic rings. The molecule has 0 bridgehead atoms. The maximum atomic E-state index is 12.1. The molecule has 0 radical (unpaired) electrons. The van der Waals surface area contributed by atoms with Crippen molar-refractivity contribution in [2.24, 2.45) is 0 Å². The summed E-state index contributed by atoms with van der Waals surface area (Å²) in [6.45, 7) is 3.26. The van der Waals surface area contributed by atoms with E-state index in [2.05, 4.69) is 15.6 Å². The van der Waals surface area contributed by atoms with Gasteiger partial charge in [-0.1, -0.05) is 25.7 Å². The van der Waals surface area contributed by atoms with Gasteiger partial charge in [0.25, 0.3) is 5.89 Å². The van der Waals surface area contributed by atoms with Crippen LogP contribution in [0.3, 0.4) is 0 Å². The number of aromatic nitrogens is 1. The molecule has 0 aliphatic heterocycles. The summed E-state index contributed by atoms with van der Waals surface area (Å²) >= 11 is 0. The highest BCUT2D eigenvalue weighted by Crippen LogP contribution is 2.22. The number of carbonyl (C=O) groups is 1. The first-order chi connectivity index (χ1) is 12.2. The minimum Gasteiger partial charge on any atom is -0.459 e. The molecule has 0 saturated heterocycles. The zero-order chi connectivity index (χ0) is 17.5. The maximum Gasteiger partial charge on any atom is 0.263 e. The molecule has 0 unspecified atom stereocenters. The fourth-order valence-corrected chi connectivity index (χ4v) is 3.27. The van der Waals surface area contributed by atoms with Gasteiger partial charge in [-0.2, -0.15) is 0 Å². The molecule has 1 amide bonds. The standard InChI is InChI=1S/C19H27N3O3/c1-14-16(22-19(25-14)17-9-6-12-24-17)13-18(23)21-11-10-20-15-7-4-2-3-5-8-15/h6,9,12,15,20H,2-5,7-8,10-11,13H2,1H3,(H,21,23). The minimum atomic E-state index is -0.0370. The van der Waals surface area contributed by atoms with Crippen LogP contribution in [0.4, 0.5) is 0 Å². The Morgan fingerprint density at radius 2 is 2.04 bits per heavy atom. The van der Waals surface area contributed by atoms with E-state index in [1.165, 1.54) is 38.5 Å². The van der Waals surface area contributed by atoms with Crippen LogP contribution in [0.2, 0.25) is 0 Å². The zero-order valence-corrected chi connectivity index (χ0v) is 14.8. The molecule has 1 aliphatic rings. The average molecular weight is 345 g/mol. The molecule has 6 nitrogen and oxygen atoms in total. The van der Waals surface area contributed by atoms with E-state index in [-0.39, 0.29) is 12.3 Å². The molecule has 6 heteroatoms. The lowest BCUT2D eigenvalue weighted by Crippen LogP contribution is -2.37. The summed E-state index contributed by atoms with van der Waals surface area (Å²) in [5.74, 6) is 1.60. The molecule has 3 rings (SSSR count). The van der Waals surface area contributed by atoms with E-state index in [0.717, 1.165) is 6.54 Å². The summed E-state index contributed by atoms with van der Waals surface area (Å²) < 4.78 is 10.9. The molecule has 2 heterocycles. The number of aryl methyl sites for hydroxylation is 1. The molecule has 0 aromatic carbocycles. The van der Waals surface area contributed by atoms with Gasteiger partial charge in [-0.25, -0.2) is 4.98 Å². The fraction of sp³-hybridized carbons (Fsp3) is 0.579. The van der Waals surface area contributed by atoms with E-state index >= 15 is 0 Å². The number of hydrogen-bond donors (Lipinski definition) is 2. The Bertz CT molecular complexity index is 656. The third kappa shape index (κ3) is 5.19. The first-order valence-electron chi connectivity index (χ1n) is 9.22. The van der Waals surface area contributed by atoms with Crippen molar-refractivity contribution in [2.75, 3.05) is 13.1 Å². The Hall–Kier alpha value is -2.08. The summed E-state index contributed by atoms with van der Waals surface area (Å²) in [6, 6.07) is 4.17. The molecular weight excluding hydrogens is 318 g/mol. The Balaban J connectivity index is 1.40. The fourth-order valence-electron chi connectivity index (χ4n) is 3.27. The first-order valence-corrected chi connectivity index (χ1v) is 9.22. The number of amides is 1. The molecule has 2 aromatic heterocycles. The van der Waals surface area contributed by atoms with Crippen LogP contribution in [0, 0.1) is 6.92 Å². The second-order valence-electron chi connectivity index (χ2n) is 6.67. The van der Waals surface area contributed by atoms with Crippen molar-refractivity contribution in [2.45, 2.75) is 57.9 Å². The van der Waals surface area contributed by atoms with Crippen molar-refractivity contribution in [3.8, 4) is 11.7 Å². The lowest BCUT2D eigenvalue weighted by atomic mass is 10.1. The van der Waals surface area contributed by atoms with Crippen molar-refractivity contribution >= 4 is 5.91 Å². The van der Waals surface area contributed by atoms with Gasteiger partial charge in [-0.05, 0) is 31.9 Å². The molecule has 1 fully saturated rings. The van der Waals surface area contributed by atoms with Crippen molar-refractivity contribution in [3.05, 3.63) is 29.9 Å². The van der Waals surface area contributed by atoms with Crippen molar-refractivity contribution in [3.63, 3.8) is 0 Å². The lowest BCUT2D eigenvalue weighted by molar-refractivity contribution is -0.120. The van der Waals surface area contributed by atoms with Gasteiger partial charge in [-0.15, -0.1) is 0 Å². The van der Waals surface area contributed by atoms with E-state index in [0.29, 0.717) is 35.7 Å². The van der Waals surface area contributed by atoms with Gasteiger partial charge in [0.15, 0.2) is 5.76 Å². The summed E-state index contributed by atoms with van der Waals surface area (Å²) in [6.07, 6.45) is 9.63. The van der Waals surface area contributed by atoms with E-state index in [9.17, 15) is 4.79 Å². The number of nitrogens with one attached hydrogen (secondary N) is 2. The molecular formula is C19H27N3O3. The number of oxazole rings is 1. The van der Waals surface area contributed by atoms with Crippen LogP contribution in [0.25, 0.3) is 11.7 Å². The number of hydrogen-bond acceptors (Lipinski definition) is 5. The molecule has 0 spiro atoms. The van der Waals surface area contributed by atoms with Gasteiger partial charge >= 0.3 is 0 Å². The quantitative estimate of drug-likeness (QED) is 0.595. The van der Waals surface area contributed by atoms with E-state index in [4.69, 9.17) is 8.83 Å². The average Bonchev–Trinajstić information content (AvgIpc) is 3.17. The van der Waals surface area contributed by atoms with Crippen LogP contribution < -0.4 is 10.6 Å². The van der Waals surface area contributed by atoms with E-state index in [1.807, 2.05) is 6.92 Å². The first kappa shape index (κ1) is 17.7. The molecule has 136 valence electrons. The van der Waals surface area contributed by atoms with Gasteiger partial charge in [0.05, 0.1) is 18.4 Å². The van der Waals surface area contributed by atoms with E-state index < -0.39 is 0 Å². The van der Waals surface area contributed by atoms with Crippen molar-refractivity contribution < 1.29 is 13.6 Å². The minimum absolute atomic E-state index is 0.0370. The van der Waals surface area contributed by atoms with Crippen molar-refractivity contribution in [1.82, 2.24) is 15.6 Å². The van der Waals surface area contributed by atoms with Crippen LogP contribution in [0.15, 0.2) is 27.2 Å². The Morgan fingerprint density at radius 1 is 1.24 bits per heavy atom. The zero-order valence-electron chi connectivity index (χ0n) is 14.8. The molecule has 1 aliphatic carbocycles. The Labute approximate surface area is 148 Å². The molecule has 25 heavy (non-hydrogen) atoms. The number of nitrogens with zero attached hydrogens (tertiary/aromatic N) is 1. The van der Waals surface area contributed by atoms with Gasteiger partial charge in [0.2, 0.25) is 5.91 Å². The van der Waals surface area contributed by atoms with Crippen LogP contribution >= 0.6 is 0 Å². The monoisotopic (exact) mass is 345 g/mol. The normalized spacial score (nSPS) is 15.9. The molecule has 0 atom stereocenters. The van der Waals surface area contributed by atoms with Crippen molar-refractivity contribution in [1.29, 1.82) is 0 Å². The summed E-state index contributed by atoms with van der Waals surface area (Å²) in [5.41, 5.74) is 0.653. The van der Waals surface area contributed by atoms with Crippen LogP contribution in [-0.2, 0) is 11.2 Å². The predicted molar refractivity (Wildman–Crippen MR) is 95.1 cm³/mol. The highest BCUT2D eigenvalue weighted by molar-refractivity contribution is 5.78. The largest absolute Gasteiger partial charge is 0.459 e. The Morgan fingerprint density at radius 3 is 2.76 bits per heavy atom. The highest BCUT2D eigenvalue weighted by atomic mass is 16.4. The van der Waals surface area contributed by atoms with Crippen LogP contribution in [-0.4, -0.2) is 30.0 Å². The van der Waals surface area contributed by atoms with E-state index in [1.54, 1.807) is 18.4 Å². The molecule has 1 saturated carbocycles. The predicted octanol–water partition coefficient (Wildman–Crippen LogP) is 3.21. The second kappa shape index (κ2) is 8.85.